The lowest BCUT2D eigenvalue weighted by Gasteiger charge is -2.04. The van der Waals surface area contributed by atoms with Gasteiger partial charge in [0.05, 0.1) is 7.11 Å². The molecule has 0 aliphatic carbocycles. The van der Waals surface area contributed by atoms with Crippen LogP contribution in [0.5, 0.6) is 5.88 Å². The van der Waals surface area contributed by atoms with Gasteiger partial charge >= 0.3 is 5.97 Å². The molecular formula is C12H11NO3S. The largest absolute Gasteiger partial charge is 0.481 e. The number of aryl methyl sites for hydroxylation is 1. The highest BCUT2D eigenvalue weighted by atomic mass is 32.1. The number of hydrogen-bond acceptors (Lipinski definition) is 4. The summed E-state index contributed by atoms with van der Waals surface area (Å²) in [5.41, 5.74) is 1.94. The highest BCUT2D eigenvalue weighted by molar-refractivity contribution is 7.17. The molecule has 0 aliphatic heterocycles. The first-order valence-electron chi connectivity index (χ1n) is 4.96. The molecule has 2 rings (SSSR count). The van der Waals surface area contributed by atoms with Gasteiger partial charge in [0.25, 0.3) is 0 Å². The van der Waals surface area contributed by atoms with E-state index in [1.807, 2.05) is 13.0 Å². The average molecular weight is 249 g/mol. The molecule has 2 aromatic heterocycles. The van der Waals surface area contributed by atoms with Crippen molar-refractivity contribution < 1.29 is 14.6 Å². The van der Waals surface area contributed by atoms with Crippen molar-refractivity contribution in [1.82, 2.24) is 4.98 Å². The Labute approximate surface area is 103 Å². The van der Waals surface area contributed by atoms with E-state index >= 15 is 0 Å². The summed E-state index contributed by atoms with van der Waals surface area (Å²) in [6, 6.07) is 5.23. The van der Waals surface area contributed by atoms with Gasteiger partial charge in [-0.2, -0.15) is 0 Å². The number of nitrogens with zero attached hydrogens (tertiary/aromatic N) is 1. The minimum Gasteiger partial charge on any atom is -0.481 e. The maximum absolute atomic E-state index is 10.8. The molecule has 0 radical (unpaired) electrons. The fourth-order valence-corrected chi connectivity index (χ4v) is 2.42. The van der Waals surface area contributed by atoms with E-state index in [4.69, 9.17) is 9.84 Å². The van der Waals surface area contributed by atoms with Crippen molar-refractivity contribution in [2.75, 3.05) is 7.11 Å². The Balaban J connectivity index is 2.42. The number of carbonyl (C=O) groups is 1. The summed E-state index contributed by atoms with van der Waals surface area (Å²) in [6.45, 7) is 1.94. The van der Waals surface area contributed by atoms with Gasteiger partial charge in [-0.1, -0.05) is 0 Å². The number of ether oxygens (including phenoxy) is 1. The molecule has 0 saturated carbocycles. The predicted molar refractivity (Wildman–Crippen MR) is 65.8 cm³/mol. The first-order chi connectivity index (χ1) is 8.11. The fourth-order valence-electron chi connectivity index (χ4n) is 1.50. The topological polar surface area (TPSA) is 59.4 Å². The minimum absolute atomic E-state index is 0.329. The van der Waals surface area contributed by atoms with Crippen LogP contribution in [0.3, 0.4) is 0 Å². The van der Waals surface area contributed by atoms with E-state index < -0.39 is 5.97 Å². The quantitative estimate of drug-likeness (QED) is 0.908. The van der Waals surface area contributed by atoms with Crippen molar-refractivity contribution in [3.8, 4) is 16.3 Å². The van der Waals surface area contributed by atoms with Crippen LogP contribution < -0.4 is 4.74 Å². The fraction of sp³-hybridized carbons (Fsp3) is 0.167. The number of carboxylic acid groups (broad SMARTS) is 1. The van der Waals surface area contributed by atoms with E-state index in [1.54, 1.807) is 25.4 Å². The van der Waals surface area contributed by atoms with Crippen LogP contribution in [0.15, 0.2) is 24.4 Å². The normalized spacial score (nSPS) is 10.2. The van der Waals surface area contributed by atoms with Crippen molar-refractivity contribution in [2.45, 2.75) is 6.92 Å². The van der Waals surface area contributed by atoms with E-state index in [1.165, 1.54) is 11.3 Å². The van der Waals surface area contributed by atoms with Gasteiger partial charge in [-0.25, -0.2) is 9.78 Å². The summed E-state index contributed by atoms with van der Waals surface area (Å²) in [4.78, 5) is 16.2. The summed E-state index contributed by atoms with van der Waals surface area (Å²) in [6.07, 6.45) is 1.70. The standard InChI is InChI=1S/C12H11NO3S/c1-7-5-11(16-2)13-6-8(7)9-3-4-10(17-9)12(14)15/h3-6H,1-2H3,(H,14,15). The molecule has 0 fully saturated rings. The van der Waals surface area contributed by atoms with Crippen molar-refractivity contribution in [2.24, 2.45) is 0 Å². The van der Waals surface area contributed by atoms with E-state index in [0.717, 1.165) is 16.0 Å². The number of hydrogen-bond donors (Lipinski definition) is 1. The molecule has 0 saturated heterocycles. The van der Waals surface area contributed by atoms with Crippen molar-refractivity contribution in [1.29, 1.82) is 0 Å². The first kappa shape index (κ1) is 11.6. The van der Waals surface area contributed by atoms with Gasteiger partial charge in [0.15, 0.2) is 0 Å². The Bertz CT molecular complexity index is 563. The van der Waals surface area contributed by atoms with Gasteiger partial charge in [0, 0.05) is 22.7 Å². The van der Waals surface area contributed by atoms with Gasteiger partial charge in [-0.3, -0.25) is 0 Å². The van der Waals surface area contributed by atoms with E-state index in [2.05, 4.69) is 4.98 Å². The number of aromatic nitrogens is 1. The highest BCUT2D eigenvalue weighted by Crippen LogP contribution is 2.31. The van der Waals surface area contributed by atoms with E-state index in [-0.39, 0.29) is 0 Å². The summed E-state index contributed by atoms with van der Waals surface area (Å²) in [7, 11) is 1.56. The molecule has 0 atom stereocenters. The molecule has 1 N–H and O–H groups in total. The van der Waals surface area contributed by atoms with E-state index in [0.29, 0.717) is 10.8 Å². The summed E-state index contributed by atoms with van der Waals surface area (Å²) in [5, 5.41) is 8.87. The van der Waals surface area contributed by atoms with Crippen LogP contribution in [0.1, 0.15) is 15.2 Å². The van der Waals surface area contributed by atoms with Gasteiger partial charge in [-0.05, 0) is 24.6 Å². The molecular weight excluding hydrogens is 238 g/mol. The highest BCUT2D eigenvalue weighted by Gasteiger charge is 2.10. The summed E-state index contributed by atoms with van der Waals surface area (Å²) in [5.74, 6) is -0.346. The lowest BCUT2D eigenvalue weighted by molar-refractivity contribution is 0.0702. The van der Waals surface area contributed by atoms with Crippen LogP contribution in [0.4, 0.5) is 0 Å². The molecule has 4 nitrogen and oxygen atoms in total. The predicted octanol–water partition coefficient (Wildman–Crippen LogP) is 2.83. The lowest BCUT2D eigenvalue weighted by atomic mass is 10.1. The molecule has 17 heavy (non-hydrogen) atoms. The molecule has 0 unspecified atom stereocenters. The Morgan fingerprint density at radius 2 is 2.24 bits per heavy atom. The second-order valence-electron chi connectivity index (χ2n) is 3.51. The molecule has 5 heteroatoms. The van der Waals surface area contributed by atoms with Gasteiger partial charge in [0.2, 0.25) is 5.88 Å². The number of methoxy groups -OCH3 is 1. The van der Waals surface area contributed by atoms with Crippen LogP contribution in [-0.2, 0) is 0 Å². The number of pyridine rings is 1. The molecule has 0 amide bonds. The number of aromatic carboxylic acids is 1. The second kappa shape index (κ2) is 4.55. The number of rotatable bonds is 3. The molecule has 0 spiro atoms. The van der Waals surface area contributed by atoms with Crippen molar-refractivity contribution in [3.05, 3.63) is 34.8 Å². The third kappa shape index (κ3) is 2.29. The zero-order chi connectivity index (χ0) is 12.4. The third-order valence-corrected chi connectivity index (χ3v) is 3.48. The molecule has 2 aromatic rings. The van der Waals surface area contributed by atoms with Gasteiger partial charge in [-0.15, -0.1) is 11.3 Å². The third-order valence-electron chi connectivity index (χ3n) is 2.38. The molecule has 2 heterocycles. The lowest BCUT2D eigenvalue weighted by Crippen LogP contribution is -1.90. The van der Waals surface area contributed by atoms with Crippen LogP contribution >= 0.6 is 11.3 Å². The van der Waals surface area contributed by atoms with Crippen molar-refractivity contribution in [3.63, 3.8) is 0 Å². The molecule has 0 aromatic carbocycles. The van der Waals surface area contributed by atoms with E-state index in [9.17, 15) is 4.79 Å². The second-order valence-corrected chi connectivity index (χ2v) is 4.59. The van der Waals surface area contributed by atoms with Crippen molar-refractivity contribution >= 4 is 17.3 Å². The Hall–Kier alpha value is -1.88. The SMILES string of the molecule is COc1cc(C)c(-c2ccc(C(=O)O)s2)cn1. The summed E-state index contributed by atoms with van der Waals surface area (Å²) >= 11 is 1.24. The smallest absolute Gasteiger partial charge is 0.345 e. The first-order valence-corrected chi connectivity index (χ1v) is 5.77. The number of thiophene rings is 1. The maximum atomic E-state index is 10.8. The van der Waals surface area contributed by atoms with Crippen LogP contribution in [-0.4, -0.2) is 23.2 Å². The number of carboxylic acids is 1. The molecule has 0 bridgehead atoms. The van der Waals surface area contributed by atoms with Gasteiger partial charge in [0.1, 0.15) is 4.88 Å². The average Bonchev–Trinajstić information content (AvgIpc) is 2.78. The minimum atomic E-state index is -0.902. The zero-order valence-corrected chi connectivity index (χ0v) is 10.2. The van der Waals surface area contributed by atoms with Crippen LogP contribution in [0.2, 0.25) is 0 Å². The Morgan fingerprint density at radius 3 is 2.76 bits per heavy atom. The Morgan fingerprint density at radius 1 is 1.47 bits per heavy atom. The zero-order valence-electron chi connectivity index (χ0n) is 9.43. The summed E-state index contributed by atoms with van der Waals surface area (Å²) < 4.78 is 5.03. The van der Waals surface area contributed by atoms with Crippen LogP contribution in [0.25, 0.3) is 10.4 Å². The Kier molecular flexibility index (Phi) is 3.10. The maximum Gasteiger partial charge on any atom is 0.345 e. The molecule has 88 valence electrons. The van der Waals surface area contributed by atoms with Gasteiger partial charge < -0.3 is 9.84 Å². The van der Waals surface area contributed by atoms with Crippen LogP contribution in [0, 0.1) is 6.92 Å². The molecule has 0 aliphatic rings. The monoisotopic (exact) mass is 249 g/mol.